The van der Waals surface area contributed by atoms with Crippen LogP contribution >= 0.6 is 11.6 Å². The van der Waals surface area contributed by atoms with Crippen molar-refractivity contribution >= 4 is 28.6 Å². The average molecular weight is 568 g/mol. The number of H-pyrrole nitrogens is 1. The van der Waals surface area contributed by atoms with Gasteiger partial charge in [0.25, 0.3) is 0 Å². The van der Waals surface area contributed by atoms with Crippen molar-refractivity contribution in [3.63, 3.8) is 0 Å². The number of ether oxygens (including phenoxy) is 1. The van der Waals surface area contributed by atoms with Crippen LogP contribution in [0.5, 0.6) is 0 Å². The summed E-state index contributed by atoms with van der Waals surface area (Å²) in [7, 11) is 0. The second-order valence-corrected chi connectivity index (χ2v) is 10.5. The van der Waals surface area contributed by atoms with E-state index < -0.39 is 11.5 Å². The van der Waals surface area contributed by atoms with Crippen LogP contribution in [0.1, 0.15) is 44.2 Å². The summed E-state index contributed by atoms with van der Waals surface area (Å²) in [4.78, 5) is 20.1. The summed E-state index contributed by atoms with van der Waals surface area (Å²) >= 11 is 6.22. The van der Waals surface area contributed by atoms with Gasteiger partial charge in [-0.2, -0.15) is 4.98 Å². The lowest BCUT2D eigenvalue weighted by atomic mass is 10.0. The fraction of sp³-hybridized carbons (Fsp3) is 0.345. The van der Waals surface area contributed by atoms with Crippen LogP contribution in [0, 0.1) is 11.2 Å². The smallest absolute Gasteiger partial charge is 0.354 e. The van der Waals surface area contributed by atoms with Gasteiger partial charge in [-0.1, -0.05) is 23.7 Å². The van der Waals surface area contributed by atoms with E-state index in [1.165, 1.54) is 4.57 Å². The van der Waals surface area contributed by atoms with Gasteiger partial charge in [0.2, 0.25) is 0 Å². The molecule has 0 saturated heterocycles. The Morgan fingerprint density at radius 2 is 1.95 bits per heavy atom. The molecule has 7 N–H and O–H groups in total. The van der Waals surface area contributed by atoms with Crippen molar-refractivity contribution in [2.24, 2.45) is 11.5 Å². The number of hydrogen-bond acceptors (Lipinski definition) is 5. The van der Waals surface area contributed by atoms with Gasteiger partial charge >= 0.3 is 5.69 Å². The molecule has 4 rings (SSSR count). The van der Waals surface area contributed by atoms with Crippen LogP contribution < -0.4 is 22.5 Å². The second-order valence-electron chi connectivity index (χ2n) is 10.1. The van der Waals surface area contributed by atoms with E-state index in [2.05, 4.69) is 15.3 Å². The van der Waals surface area contributed by atoms with E-state index in [9.17, 15) is 4.79 Å². The summed E-state index contributed by atoms with van der Waals surface area (Å²) in [6.07, 6.45) is 4.85. The zero-order valence-corrected chi connectivity index (χ0v) is 23.4. The van der Waals surface area contributed by atoms with Crippen molar-refractivity contribution in [3.05, 3.63) is 81.1 Å². The Hall–Kier alpha value is -3.73. The first-order valence-electron chi connectivity index (χ1n) is 13.3. The predicted molar refractivity (Wildman–Crippen MR) is 157 cm³/mol. The third-order valence-electron chi connectivity index (χ3n) is 6.63. The number of hydrogen-bond donors (Lipinski definition) is 5. The van der Waals surface area contributed by atoms with Crippen molar-refractivity contribution in [3.8, 4) is 16.9 Å². The molecule has 2 heterocycles. The molecule has 2 aromatic heterocycles. The largest absolute Gasteiger partial charge is 0.374 e. The molecule has 0 fully saturated rings. The van der Waals surface area contributed by atoms with Crippen LogP contribution in [0.25, 0.3) is 28.0 Å². The van der Waals surface area contributed by atoms with E-state index in [0.29, 0.717) is 47.6 Å². The van der Waals surface area contributed by atoms with Gasteiger partial charge in [0.05, 0.1) is 29.1 Å². The average Bonchev–Trinajstić information content (AvgIpc) is 3.31. The van der Waals surface area contributed by atoms with Gasteiger partial charge < -0.3 is 26.5 Å². The van der Waals surface area contributed by atoms with E-state index in [4.69, 9.17) is 33.2 Å². The Morgan fingerprint density at radius 1 is 1.20 bits per heavy atom. The van der Waals surface area contributed by atoms with E-state index >= 15 is 4.39 Å². The molecule has 0 unspecified atom stereocenters. The summed E-state index contributed by atoms with van der Waals surface area (Å²) in [5.41, 5.74) is 14.4. The highest BCUT2D eigenvalue weighted by Crippen LogP contribution is 2.31. The Bertz CT molecular complexity index is 1530. The molecule has 9 nitrogen and oxygen atoms in total. The van der Waals surface area contributed by atoms with Crippen molar-refractivity contribution in [1.82, 2.24) is 19.9 Å². The number of aromatic nitrogens is 3. The number of rotatable bonds is 12. The maximum absolute atomic E-state index is 15.0. The summed E-state index contributed by atoms with van der Waals surface area (Å²) < 4.78 is 22.3. The first-order valence-corrected chi connectivity index (χ1v) is 13.6. The lowest BCUT2D eigenvalue weighted by Crippen LogP contribution is -2.32. The Kier molecular flexibility index (Phi) is 9.57. The maximum Gasteiger partial charge on any atom is 0.354 e. The normalized spacial score (nSPS) is 12.9. The zero-order valence-electron chi connectivity index (χ0n) is 22.6. The van der Waals surface area contributed by atoms with Crippen LogP contribution in [0.3, 0.4) is 0 Å². The van der Waals surface area contributed by atoms with Gasteiger partial charge in [-0.25, -0.2) is 9.18 Å². The predicted octanol–water partition coefficient (Wildman–Crippen LogP) is 4.62. The van der Waals surface area contributed by atoms with Crippen LogP contribution in [0.2, 0.25) is 5.02 Å². The third kappa shape index (κ3) is 7.47. The van der Waals surface area contributed by atoms with Gasteiger partial charge in [0.15, 0.2) is 11.8 Å². The van der Waals surface area contributed by atoms with E-state index in [1.807, 2.05) is 38.1 Å². The maximum atomic E-state index is 15.0. The quantitative estimate of drug-likeness (QED) is 0.125. The van der Waals surface area contributed by atoms with E-state index in [-0.39, 0.29) is 23.1 Å². The van der Waals surface area contributed by atoms with Gasteiger partial charge in [-0.15, -0.1) is 0 Å². The lowest BCUT2D eigenvalue weighted by molar-refractivity contribution is 0.0485. The van der Waals surface area contributed by atoms with Crippen LogP contribution in [-0.4, -0.2) is 39.2 Å². The lowest BCUT2D eigenvalue weighted by Gasteiger charge is -2.14. The summed E-state index contributed by atoms with van der Waals surface area (Å²) in [6.45, 7) is 4.89. The molecule has 0 bridgehead atoms. The summed E-state index contributed by atoms with van der Waals surface area (Å²) in [5, 5.41) is 10.7. The first kappa shape index (κ1) is 29.3. The highest BCUT2D eigenvalue weighted by atomic mass is 35.5. The SMILES string of the molecule is C[C@H](N)CCCc1cc(Cl)c(F)c(-c2cc3cn(-c4ccc(CO[C@@H](C)CCNC(=N)N)cc4)c(=O)nc3[nH]2)c1. The topological polar surface area (TPSA) is 148 Å². The number of guanidine groups is 1. The van der Waals surface area contributed by atoms with Crippen molar-refractivity contribution in [1.29, 1.82) is 5.41 Å². The molecule has 2 aromatic carbocycles. The Labute approximate surface area is 237 Å². The van der Waals surface area contributed by atoms with Gasteiger partial charge in [-0.3, -0.25) is 9.98 Å². The molecule has 40 heavy (non-hydrogen) atoms. The molecule has 0 aliphatic heterocycles. The number of nitrogens with zero attached hydrogens (tertiary/aromatic N) is 2. The molecule has 0 spiro atoms. The van der Waals surface area contributed by atoms with Gasteiger partial charge in [0, 0.05) is 29.7 Å². The first-order chi connectivity index (χ1) is 19.1. The molecule has 4 aromatic rings. The minimum absolute atomic E-state index is 0.0152. The number of benzene rings is 2. The highest BCUT2D eigenvalue weighted by molar-refractivity contribution is 6.31. The van der Waals surface area contributed by atoms with Crippen LogP contribution in [-0.2, 0) is 17.8 Å². The zero-order chi connectivity index (χ0) is 28.8. The fourth-order valence-corrected chi connectivity index (χ4v) is 4.66. The molecule has 2 atom stereocenters. The standard InChI is InChI=1S/C29H35ClFN7O2/c1-17(32)4-3-5-20-12-23(26(31)24(30)13-20)25-14-21-15-38(29(39)37-27(21)36-25)22-8-6-19(7-9-22)16-40-18(2)10-11-35-28(33)34/h6-9,12-15,17-18H,3-5,10-11,16,32H2,1-2H3,(H4,33,34,35)(H,36,37,39)/t17-,18-/m0/s1. The molecule has 212 valence electrons. The fourth-order valence-electron chi connectivity index (χ4n) is 4.42. The molecule has 11 heteroatoms. The second kappa shape index (κ2) is 13.1. The van der Waals surface area contributed by atoms with Gasteiger partial charge in [0.1, 0.15) is 5.65 Å². The summed E-state index contributed by atoms with van der Waals surface area (Å²) in [5.74, 6) is -0.585. The van der Waals surface area contributed by atoms with Crippen LogP contribution in [0.4, 0.5) is 4.39 Å². The van der Waals surface area contributed by atoms with Crippen molar-refractivity contribution < 1.29 is 9.13 Å². The van der Waals surface area contributed by atoms with Crippen LogP contribution in [0.15, 0.2) is 53.5 Å². The number of fused-ring (bicyclic) bond motifs is 1. The molecule has 0 aliphatic carbocycles. The molecule has 0 saturated carbocycles. The molecular formula is C29H35ClFN7O2. The van der Waals surface area contributed by atoms with Crippen molar-refractivity contribution in [2.45, 2.75) is 58.3 Å². The molecule has 0 aliphatic rings. The molecule has 0 amide bonds. The summed E-state index contributed by atoms with van der Waals surface area (Å²) in [6, 6.07) is 12.7. The number of nitrogens with two attached hydrogens (primary N) is 2. The Morgan fingerprint density at radius 3 is 2.65 bits per heavy atom. The minimum atomic E-state index is -0.526. The minimum Gasteiger partial charge on any atom is -0.374 e. The highest BCUT2D eigenvalue weighted by Gasteiger charge is 2.16. The molecule has 0 radical (unpaired) electrons. The number of aryl methyl sites for hydroxylation is 1. The number of aromatic amines is 1. The van der Waals surface area contributed by atoms with E-state index in [0.717, 1.165) is 30.4 Å². The number of halogens is 2. The molecular weight excluding hydrogens is 533 g/mol. The Balaban J connectivity index is 1.51. The monoisotopic (exact) mass is 567 g/mol. The van der Waals surface area contributed by atoms with E-state index in [1.54, 1.807) is 24.4 Å². The third-order valence-corrected chi connectivity index (χ3v) is 6.90. The van der Waals surface area contributed by atoms with Crippen molar-refractivity contribution in [2.75, 3.05) is 6.54 Å². The number of nitrogens with one attached hydrogen (secondary N) is 3. The van der Waals surface area contributed by atoms with Gasteiger partial charge in [-0.05, 0) is 81.0 Å².